The minimum absolute atomic E-state index is 0.211. The quantitative estimate of drug-likeness (QED) is 0.508. The van der Waals surface area contributed by atoms with E-state index in [9.17, 15) is 0 Å². The first-order valence-corrected chi connectivity index (χ1v) is 8.74. The molecular weight excluding hydrogens is 306 g/mol. The highest BCUT2D eigenvalue weighted by Gasteiger charge is 2.53. The molecule has 2 nitrogen and oxygen atoms in total. The van der Waals surface area contributed by atoms with Gasteiger partial charge in [0.05, 0.1) is 11.2 Å². The van der Waals surface area contributed by atoms with Gasteiger partial charge in [-0.1, -0.05) is 41.4 Å². The zero-order chi connectivity index (χ0) is 17.3. The summed E-state index contributed by atoms with van der Waals surface area (Å²) in [5, 5.41) is 0.831. The molecule has 1 heterocycles. The predicted octanol–water partition coefficient (Wildman–Crippen LogP) is 5.70. The highest BCUT2D eigenvalue weighted by Crippen LogP contribution is 2.41. The van der Waals surface area contributed by atoms with Crippen molar-refractivity contribution in [2.45, 2.75) is 71.4 Å². The molecule has 1 aromatic carbocycles. The molecule has 4 heteroatoms. The summed E-state index contributed by atoms with van der Waals surface area (Å²) in [6, 6.07) is 8.04. The molecule has 126 valence electrons. The molecule has 1 saturated heterocycles. The topological polar surface area (TPSA) is 18.5 Å². The summed E-state index contributed by atoms with van der Waals surface area (Å²) in [4.78, 5) is 0. The maximum atomic E-state index is 6.29. The van der Waals surface area contributed by atoms with Gasteiger partial charge in [0, 0.05) is 10.8 Å². The first-order valence-electron chi connectivity index (χ1n) is 8.36. The van der Waals surface area contributed by atoms with E-state index in [2.05, 4.69) is 53.7 Å². The van der Waals surface area contributed by atoms with Crippen LogP contribution in [0.3, 0.4) is 0 Å². The lowest BCUT2D eigenvalue weighted by Crippen LogP contribution is -2.41. The zero-order valence-electron chi connectivity index (χ0n) is 15.2. The summed E-state index contributed by atoms with van der Waals surface area (Å²) in [5.74, 6) is 0.220. The van der Waals surface area contributed by atoms with Crippen LogP contribution in [0.2, 0.25) is 10.8 Å². The number of benzene rings is 1. The third-order valence-corrected chi connectivity index (χ3v) is 5.24. The summed E-state index contributed by atoms with van der Waals surface area (Å²) in [6.45, 7) is 12.6. The normalized spacial score (nSPS) is 20.4. The van der Waals surface area contributed by atoms with Crippen molar-refractivity contribution in [2.24, 2.45) is 0 Å². The molecular formula is C19H28BClO2. The van der Waals surface area contributed by atoms with E-state index < -0.39 is 0 Å². The molecule has 1 fully saturated rings. The Kier molecular flexibility index (Phi) is 5.66. The van der Waals surface area contributed by atoms with E-state index in [1.165, 1.54) is 11.1 Å². The van der Waals surface area contributed by atoms with Crippen molar-refractivity contribution in [1.29, 1.82) is 0 Å². The molecule has 23 heavy (non-hydrogen) atoms. The lowest BCUT2D eigenvalue weighted by atomic mass is 9.68. The Bertz CT molecular complexity index is 560. The largest absolute Gasteiger partial charge is 0.465 e. The van der Waals surface area contributed by atoms with Gasteiger partial charge in [-0.2, -0.15) is 0 Å². The van der Waals surface area contributed by atoms with Gasteiger partial charge in [-0.25, -0.2) is 0 Å². The van der Waals surface area contributed by atoms with Crippen LogP contribution in [0, 0.1) is 0 Å². The van der Waals surface area contributed by atoms with Gasteiger partial charge in [-0.15, -0.1) is 0 Å². The van der Waals surface area contributed by atoms with Crippen LogP contribution in [0.15, 0.2) is 35.9 Å². The fourth-order valence-corrected chi connectivity index (χ4v) is 3.04. The summed E-state index contributed by atoms with van der Waals surface area (Å²) >= 11 is 6.29. The predicted molar refractivity (Wildman–Crippen MR) is 99.0 cm³/mol. The fourth-order valence-electron chi connectivity index (χ4n) is 2.81. The number of hydrogen-bond donors (Lipinski definition) is 0. The third kappa shape index (κ3) is 4.40. The molecule has 2 rings (SSSR count). The molecule has 1 aliphatic heterocycles. The van der Waals surface area contributed by atoms with Crippen molar-refractivity contribution in [1.82, 2.24) is 0 Å². The number of hydrogen-bond acceptors (Lipinski definition) is 2. The fraction of sp³-hybridized carbons (Fsp3) is 0.579. The van der Waals surface area contributed by atoms with Crippen molar-refractivity contribution < 1.29 is 9.31 Å². The number of rotatable bonds is 5. The molecule has 0 amide bonds. The average Bonchev–Trinajstić information content (AvgIpc) is 2.64. The molecule has 1 atom stereocenters. The molecule has 0 unspecified atom stereocenters. The van der Waals surface area contributed by atoms with E-state index in [4.69, 9.17) is 20.9 Å². The zero-order valence-corrected chi connectivity index (χ0v) is 15.9. The van der Waals surface area contributed by atoms with Gasteiger partial charge in [-0.3, -0.25) is 0 Å². The van der Waals surface area contributed by atoms with Crippen molar-refractivity contribution in [3.8, 4) is 0 Å². The Labute approximate surface area is 146 Å². The Morgan fingerprint density at radius 2 is 1.70 bits per heavy atom. The monoisotopic (exact) mass is 334 g/mol. The van der Waals surface area contributed by atoms with Crippen molar-refractivity contribution in [3.05, 3.63) is 46.5 Å². The number of aryl methyl sites for hydroxylation is 1. The van der Waals surface area contributed by atoms with Crippen LogP contribution in [0.1, 0.15) is 53.5 Å². The molecule has 1 aliphatic rings. The van der Waals surface area contributed by atoms with Gasteiger partial charge in [0.2, 0.25) is 0 Å². The standard InChI is InChI=1S/C19H28BClO2/c1-14(2)13-16(12-11-15-9-7-8-10-17(15)21)20-22-18(3,4)19(5,6)23-20/h7-10,13,16H,11-12H2,1-6H3/t16-/m0/s1. The smallest absolute Gasteiger partial charge is 0.403 e. The molecule has 0 aromatic heterocycles. The SMILES string of the molecule is CC(C)=C[C@H](CCc1ccccc1Cl)B1OC(C)(C)C(C)(C)O1. The van der Waals surface area contributed by atoms with Gasteiger partial charge >= 0.3 is 7.12 Å². The maximum Gasteiger partial charge on any atom is 0.465 e. The second kappa shape index (κ2) is 7.00. The van der Waals surface area contributed by atoms with Crippen LogP contribution >= 0.6 is 11.6 Å². The van der Waals surface area contributed by atoms with Crippen LogP contribution in [0.5, 0.6) is 0 Å². The molecule has 1 aromatic rings. The minimum Gasteiger partial charge on any atom is -0.403 e. The molecule has 0 N–H and O–H groups in total. The molecule has 0 radical (unpaired) electrons. The van der Waals surface area contributed by atoms with Crippen molar-refractivity contribution in [3.63, 3.8) is 0 Å². The van der Waals surface area contributed by atoms with E-state index in [0.717, 1.165) is 17.9 Å². The lowest BCUT2D eigenvalue weighted by Gasteiger charge is -2.32. The lowest BCUT2D eigenvalue weighted by molar-refractivity contribution is 0.00578. The van der Waals surface area contributed by atoms with Crippen LogP contribution in [0.25, 0.3) is 0 Å². The van der Waals surface area contributed by atoms with E-state index in [-0.39, 0.29) is 24.1 Å². The van der Waals surface area contributed by atoms with E-state index in [1.807, 2.05) is 18.2 Å². The highest BCUT2D eigenvalue weighted by molar-refractivity contribution is 6.48. The third-order valence-electron chi connectivity index (χ3n) is 4.87. The minimum atomic E-state index is -0.296. The van der Waals surface area contributed by atoms with Crippen LogP contribution in [-0.4, -0.2) is 18.3 Å². The molecule has 0 spiro atoms. The Hall–Kier alpha value is -0.765. The second-order valence-corrected chi connectivity index (χ2v) is 8.07. The van der Waals surface area contributed by atoms with Gasteiger partial charge < -0.3 is 9.31 Å². The second-order valence-electron chi connectivity index (χ2n) is 7.66. The average molecular weight is 335 g/mol. The molecule has 0 aliphatic carbocycles. The van der Waals surface area contributed by atoms with Crippen LogP contribution < -0.4 is 0 Å². The van der Waals surface area contributed by atoms with Gasteiger partial charge in [0.1, 0.15) is 0 Å². The van der Waals surface area contributed by atoms with Crippen LogP contribution in [-0.2, 0) is 15.7 Å². The van der Waals surface area contributed by atoms with E-state index in [0.29, 0.717) is 0 Å². The van der Waals surface area contributed by atoms with Gasteiger partial charge in [-0.05, 0) is 66.0 Å². The number of halogens is 1. The van der Waals surface area contributed by atoms with Gasteiger partial charge in [0.15, 0.2) is 0 Å². The Balaban J connectivity index is 2.13. The summed E-state index contributed by atoms with van der Waals surface area (Å²) in [6.07, 6.45) is 4.13. The van der Waals surface area contributed by atoms with E-state index >= 15 is 0 Å². The first kappa shape index (κ1) is 18.6. The molecule has 0 bridgehead atoms. The van der Waals surface area contributed by atoms with E-state index in [1.54, 1.807) is 0 Å². The van der Waals surface area contributed by atoms with Crippen molar-refractivity contribution in [2.75, 3.05) is 0 Å². The maximum absolute atomic E-state index is 6.29. The summed E-state index contributed by atoms with van der Waals surface area (Å²) in [5.41, 5.74) is 1.87. The number of allylic oxidation sites excluding steroid dienone is 2. The summed E-state index contributed by atoms with van der Waals surface area (Å²) < 4.78 is 12.5. The molecule has 0 saturated carbocycles. The summed E-state index contributed by atoms with van der Waals surface area (Å²) in [7, 11) is -0.211. The van der Waals surface area contributed by atoms with Crippen LogP contribution in [0.4, 0.5) is 0 Å². The van der Waals surface area contributed by atoms with Gasteiger partial charge in [0.25, 0.3) is 0 Å². The first-order chi connectivity index (χ1) is 10.6. The Morgan fingerprint density at radius 3 is 2.22 bits per heavy atom. The Morgan fingerprint density at radius 1 is 1.13 bits per heavy atom. The van der Waals surface area contributed by atoms with Crippen molar-refractivity contribution >= 4 is 18.7 Å². The highest BCUT2D eigenvalue weighted by atomic mass is 35.5.